The number of nitrogens with one attached hydrogen (secondary N) is 2. The molecule has 0 saturated carbocycles. The first-order valence-corrected chi connectivity index (χ1v) is 5.32. The fourth-order valence-electron chi connectivity index (χ4n) is 1.67. The molecule has 76 valence electrons. The molecule has 0 spiro atoms. The normalized spacial score (nSPS) is 21.1. The molecule has 14 heavy (non-hydrogen) atoms. The largest absolute Gasteiger partial charge is 0.368 e. The summed E-state index contributed by atoms with van der Waals surface area (Å²) in [6.07, 6.45) is 2.52. The van der Waals surface area contributed by atoms with Gasteiger partial charge in [-0.05, 0) is 31.5 Å². The average molecular weight is 212 g/mol. The van der Waals surface area contributed by atoms with Crippen LogP contribution in [0.4, 0.5) is 5.82 Å². The topological polar surface area (TPSA) is 37.0 Å². The van der Waals surface area contributed by atoms with Gasteiger partial charge >= 0.3 is 0 Å². The Balaban J connectivity index is 1.85. The van der Waals surface area contributed by atoms with Gasteiger partial charge in [-0.15, -0.1) is 0 Å². The van der Waals surface area contributed by atoms with Crippen LogP contribution in [0.2, 0.25) is 5.15 Å². The zero-order chi connectivity index (χ0) is 9.80. The molecule has 0 amide bonds. The minimum absolute atomic E-state index is 0.536. The maximum Gasteiger partial charge on any atom is 0.131 e. The molecule has 2 rings (SSSR count). The van der Waals surface area contributed by atoms with Gasteiger partial charge in [-0.25, -0.2) is 4.98 Å². The van der Waals surface area contributed by atoms with Crippen LogP contribution < -0.4 is 10.6 Å². The Kier molecular flexibility index (Phi) is 3.22. The van der Waals surface area contributed by atoms with E-state index in [-0.39, 0.29) is 0 Å². The average Bonchev–Trinajstić information content (AvgIpc) is 2.67. The van der Waals surface area contributed by atoms with E-state index in [1.165, 1.54) is 12.8 Å². The molecule has 4 heteroatoms. The van der Waals surface area contributed by atoms with Gasteiger partial charge in [0.05, 0.1) is 0 Å². The summed E-state index contributed by atoms with van der Waals surface area (Å²) >= 11 is 5.77. The summed E-state index contributed by atoms with van der Waals surface area (Å²) in [6, 6.07) is 6.19. The van der Waals surface area contributed by atoms with Crippen molar-refractivity contribution < 1.29 is 0 Å². The Morgan fingerprint density at radius 1 is 1.57 bits per heavy atom. The second kappa shape index (κ2) is 4.62. The Bertz CT molecular complexity index is 297. The standard InChI is InChI=1S/C10H14ClN3/c11-9-4-1-5-10(14-9)13-7-8-3-2-6-12-8/h1,4-5,8,12H,2-3,6-7H2,(H,13,14). The lowest BCUT2D eigenvalue weighted by molar-refractivity contribution is 0.632. The highest BCUT2D eigenvalue weighted by atomic mass is 35.5. The monoisotopic (exact) mass is 211 g/mol. The highest BCUT2D eigenvalue weighted by molar-refractivity contribution is 6.29. The van der Waals surface area contributed by atoms with Gasteiger partial charge in [-0.1, -0.05) is 17.7 Å². The van der Waals surface area contributed by atoms with Crippen LogP contribution in [0.5, 0.6) is 0 Å². The Labute approximate surface area is 88.9 Å². The number of halogens is 1. The summed E-state index contributed by atoms with van der Waals surface area (Å²) in [5.74, 6) is 0.853. The summed E-state index contributed by atoms with van der Waals surface area (Å²) in [4.78, 5) is 4.16. The molecule has 0 bridgehead atoms. The van der Waals surface area contributed by atoms with E-state index < -0.39 is 0 Å². The highest BCUT2D eigenvalue weighted by Gasteiger charge is 2.13. The van der Waals surface area contributed by atoms with Crippen LogP contribution in [0, 0.1) is 0 Å². The van der Waals surface area contributed by atoms with Crippen LogP contribution in [0.1, 0.15) is 12.8 Å². The SMILES string of the molecule is Clc1cccc(NCC2CCCN2)n1. The third-order valence-electron chi connectivity index (χ3n) is 2.41. The van der Waals surface area contributed by atoms with Gasteiger partial charge in [0.15, 0.2) is 0 Å². The van der Waals surface area contributed by atoms with E-state index in [0.29, 0.717) is 11.2 Å². The molecule has 1 aliphatic heterocycles. The maximum atomic E-state index is 5.77. The van der Waals surface area contributed by atoms with E-state index in [1.807, 2.05) is 12.1 Å². The van der Waals surface area contributed by atoms with Crippen molar-refractivity contribution in [1.29, 1.82) is 0 Å². The van der Waals surface area contributed by atoms with Crippen molar-refractivity contribution in [3.8, 4) is 0 Å². The Hall–Kier alpha value is -0.800. The van der Waals surface area contributed by atoms with Crippen LogP contribution in [0.25, 0.3) is 0 Å². The molecule has 2 heterocycles. The molecular formula is C10H14ClN3. The molecule has 0 aromatic carbocycles. The number of hydrogen-bond acceptors (Lipinski definition) is 3. The minimum atomic E-state index is 0.536. The number of hydrogen-bond donors (Lipinski definition) is 2. The number of anilines is 1. The molecule has 0 radical (unpaired) electrons. The fraction of sp³-hybridized carbons (Fsp3) is 0.500. The molecule has 2 N–H and O–H groups in total. The predicted molar refractivity (Wildman–Crippen MR) is 58.8 cm³/mol. The van der Waals surface area contributed by atoms with Crippen molar-refractivity contribution in [3.05, 3.63) is 23.4 Å². The van der Waals surface area contributed by atoms with Gasteiger partial charge in [-0.3, -0.25) is 0 Å². The molecule has 1 atom stereocenters. The summed E-state index contributed by atoms with van der Waals surface area (Å²) in [7, 11) is 0. The number of nitrogens with zero attached hydrogens (tertiary/aromatic N) is 1. The number of aromatic nitrogens is 1. The lowest BCUT2D eigenvalue weighted by Crippen LogP contribution is -2.29. The molecule has 3 nitrogen and oxygen atoms in total. The zero-order valence-corrected chi connectivity index (χ0v) is 8.72. The quantitative estimate of drug-likeness (QED) is 0.750. The summed E-state index contributed by atoms with van der Waals surface area (Å²) in [6.45, 7) is 2.06. The lowest BCUT2D eigenvalue weighted by Gasteiger charge is -2.11. The van der Waals surface area contributed by atoms with Gasteiger partial charge in [0.1, 0.15) is 11.0 Å². The van der Waals surface area contributed by atoms with Gasteiger partial charge in [0, 0.05) is 12.6 Å². The molecule has 1 aromatic heterocycles. The van der Waals surface area contributed by atoms with Crippen molar-refractivity contribution in [3.63, 3.8) is 0 Å². The second-order valence-corrected chi connectivity index (χ2v) is 3.91. The van der Waals surface area contributed by atoms with Crippen molar-refractivity contribution in [2.75, 3.05) is 18.4 Å². The zero-order valence-electron chi connectivity index (χ0n) is 7.96. The molecule has 1 saturated heterocycles. The Morgan fingerprint density at radius 2 is 2.50 bits per heavy atom. The molecule has 1 fully saturated rings. The summed E-state index contributed by atoms with van der Waals surface area (Å²) in [5, 5.41) is 7.22. The van der Waals surface area contributed by atoms with Crippen LogP contribution in [-0.4, -0.2) is 24.1 Å². The first-order valence-electron chi connectivity index (χ1n) is 4.94. The third-order valence-corrected chi connectivity index (χ3v) is 2.62. The van der Waals surface area contributed by atoms with Gasteiger partial charge in [0.2, 0.25) is 0 Å². The maximum absolute atomic E-state index is 5.77. The van der Waals surface area contributed by atoms with E-state index in [1.54, 1.807) is 6.07 Å². The number of pyridine rings is 1. The summed E-state index contributed by atoms with van der Waals surface area (Å²) in [5.41, 5.74) is 0. The van der Waals surface area contributed by atoms with Gasteiger partial charge in [0.25, 0.3) is 0 Å². The third kappa shape index (κ3) is 2.59. The van der Waals surface area contributed by atoms with E-state index in [4.69, 9.17) is 11.6 Å². The van der Waals surface area contributed by atoms with Crippen molar-refractivity contribution in [2.24, 2.45) is 0 Å². The van der Waals surface area contributed by atoms with Gasteiger partial charge < -0.3 is 10.6 Å². The van der Waals surface area contributed by atoms with Crippen LogP contribution in [-0.2, 0) is 0 Å². The fourth-order valence-corrected chi connectivity index (χ4v) is 1.83. The van der Waals surface area contributed by atoms with Crippen LogP contribution >= 0.6 is 11.6 Å². The van der Waals surface area contributed by atoms with E-state index >= 15 is 0 Å². The van der Waals surface area contributed by atoms with Gasteiger partial charge in [-0.2, -0.15) is 0 Å². The molecule has 1 aliphatic rings. The molecule has 1 aromatic rings. The van der Waals surface area contributed by atoms with E-state index in [0.717, 1.165) is 18.9 Å². The first kappa shape index (κ1) is 9.74. The van der Waals surface area contributed by atoms with Crippen molar-refractivity contribution in [2.45, 2.75) is 18.9 Å². The van der Waals surface area contributed by atoms with Crippen molar-refractivity contribution >= 4 is 17.4 Å². The molecular weight excluding hydrogens is 198 g/mol. The lowest BCUT2D eigenvalue weighted by atomic mass is 10.2. The smallest absolute Gasteiger partial charge is 0.131 e. The highest BCUT2D eigenvalue weighted by Crippen LogP contribution is 2.10. The molecule has 0 aliphatic carbocycles. The minimum Gasteiger partial charge on any atom is -0.368 e. The second-order valence-electron chi connectivity index (χ2n) is 3.52. The number of rotatable bonds is 3. The predicted octanol–water partition coefficient (Wildman–Crippen LogP) is 1.90. The summed E-state index contributed by atoms with van der Waals surface area (Å²) < 4.78 is 0. The van der Waals surface area contributed by atoms with Crippen molar-refractivity contribution in [1.82, 2.24) is 10.3 Å². The molecule has 1 unspecified atom stereocenters. The first-order chi connectivity index (χ1) is 6.84. The Morgan fingerprint density at radius 3 is 3.21 bits per heavy atom. The van der Waals surface area contributed by atoms with Crippen LogP contribution in [0.15, 0.2) is 18.2 Å². The van der Waals surface area contributed by atoms with E-state index in [2.05, 4.69) is 15.6 Å². The van der Waals surface area contributed by atoms with Crippen LogP contribution in [0.3, 0.4) is 0 Å². The van der Waals surface area contributed by atoms with E-state index in [9.17, 15) is 0 Å².